The predicted octanol–water partition coefficient (Wildman–Crippen LogP) is 8.43. The lowest BCUT2D eigenvalue weighted by Crippen LogP contribution is -2.64. The van der Waals surface area contributed by atoms with Gasteiger partial charge < -0.3 is 25.2 Å². The molecule has 2 atom stereocenters. The van der Waals surface area contributed by atoms with E-state index in [9.17, 15) is 24.6 Å². The first-order chi connectivity index (χ1) is 31.7. The van der Waals surface area contributed by atoms with Crippen LogP contribution in [0.1, 0.15) is 116 Å². The van der Waals surface area contributed by atoms with Gasteiger partial charge in [-0.15, -0.1) is 0 Å². The van der Waals surface area contributed by atoms with E-state index in [2.05, 4.69) is 50.0 Å². The van der Waals surface area contributed by atoms with Gasteiger partial charge in [-0.1, -0.05) is 49.4 Å². The van der Waals surface area contributed by atoms with Crippen LogP contribution in [-0.2, 0) is 29.0 Å². The van der Waals surface area contributed by atoms with E-state index in [0.717, 1.165) is 110 Å². The largest absolute Gasteiger partial charge is 0.481 e. The average molecular weight is 915 g/mol. The van der Waals surface area contributed by atoms with Crippen molar-refractivity contribution in [3.63, 3.8) is 0 Å². The maximum absolute atomic E-state index is 13.7. The van der Waals surface area contributed by atoms with E-state index in [1.54, 1.807) is 0 Å². The number of para-hydroxylation sites is 1. The first kappa shape index (κ1) is 44.6. The quantitative estimate of drug-likeness (QED) is 0.0745. The summed E-state index contributed by atoms with van der Waals surface area (Å²) >= 11 is 1.44. The fraction of sp³-hybridized carbons (Fsp3) is 0.529. The molecule has 2 aromatic carbocycles. The number of aromatic carboxylic acids is 1. The molecule has 2 aliphatic heterocycles. The van der Waals surface area contributed by atoms with Gasteiger partial charge in [0.1, 0.15) is 5.82 Å². The van der Waals surface area contributed by atoms with Gasteiger partial charge in [0.05, 0.1) is 28.6 Å². The molecule has 6 aliphatic rings. The summed E-state index contributed by atoms with van der Waals surface area (Å²) in [6, 6.07) is 17.8. The van der Waals surface area contributed by atoms with Crippen LogP contribution in [-0.4, -0.2) is 104 Å². The van der Waals surface area contributed by atoms with E-state index >= 15 is 0 Å². The van der Waals surface area contributed by atoms with E-state index in [1.165, 1.54) is 17.8 Å². The number of piperidine rings is 1. The lowest BCUT2D eigenvalue weighted by atomic mass is 9.39. The Hall–Kier alpha value is -5.22. The molecule has 5 heterocycles. The maximum Gasteiger partial charge on any atom is 0.355 e. The van der Waals surface area contributed by atoms with Gasteiger partial charge in [0, 0.05) is 61.0 Å². The van der Waals surface area contributed by atoms with Gasteiger partial charge in [0.15, 0.2) is 10.8 Å². The van der Waals surface area contributed by atoms with Crippen LogP contribution in [0.3, 0.4) is 0 Å². The molecule has 348 valence electrons. The Morgan fingerprint density at radius 1 is 0.924 bits per heavy atom. The van der Waals surface area contributed by atoms with Crippen LogP contribution in [0.4, 0.5) is 10.9 Å². The second-order valence-corrected chi connectivity index (χ2v) is 22.0. The van der Waals surface area contributed by atoms with Crippen LogP contribution in [0.15, 0.2) is 60.8 Å². The molecule has 4 saturated carbocycles. The molecule has 0 radical (unpaired) electrons. The van der Waals surface area contributed by atoms with Crippen molar-refractivity contribution >= 4 is 50.3 Å². The number of carbonyl (C=O) groups is 3. The number of carboxylic acid groups (broad SMARTS) is 2. The summed E-state index contributed by atoms with van der Waals surface area (Å²) < 4.78 is 10.3. The van der Waals surface area contributed by atoms with Crippen molar-refractivity contribution in [1.82, 2.24) is 30.0 Å². The number of carbonyl (C=O) groups excluding carboxylic acids is 1. The third-order valence-electron chi connectivity index (χ3n) is 15.4. The van der Waals surface area contributed by atoms with E-state index in [4.69, 9.17) is 14.8 Å². The fourth-order valence-electron chi connectivity index (χ4n) is 13.9. The minimum absolute atomic E-state index is 0.0189. The molecule has 15 heteroatoms. The zero-order valence-corrected chi connectivity index (χ0v) is 39.2. The van der Waals surface area contributed by atoms with Crippen molar-refractivity contribution in [2.24, 2.45) is 16.2 Å². The lowest BCUT2D eigenvalue weighted by molar-refractivity contribution is -0.249. The molecule has 66 heavy (non-hydrogen) atoms. The summed E-state index contributed by atoms with van der Waals surface area (Å²) in [6.45, 7) is 12.9. The number of aromatic nitrogens is 4. The van der Waals surface area contributed by atoms with Crippen LogP contribution >= 0.6 is 11.3 Å². The zero-order valence-electron chi connectivity index (χ0n) is 38.4. The van der Waals surface area contributed by atoms with E-state index in [0.29, 0.717) is 60.7 Å². The molecule has 3 aromatic heterocycles. The van der Waals surface area contributed by atoms with Gasteiger partial charge in [0.2, 0.25) is 0 Å². The predicted molar refractivity (Wildman–Crippen MR) is 255 cm³/mol. The third-order valence-corrected chi connectivity index (χ3v) is 16.4. The standard InChI is InChI=1S/C51H62N8O6S/c1-33-38(36-13-14-42(55-44(36)46(63)64)58-21-17-34-8-6-9-37(39(34)25-58)45(62)56-47-54-40-10-4-5-11-41(40)66-47)24-53-59(33)32-50-27-48(2)26-49(3,28-50)30-51(29-48,31-50)65-23-22-57(20-7-12-43(60)61)35-15-18-52-19-16-35/h4-6,8-11,13-14,24,35,52H,7,12,15-23,25-32H2,1-3H3,(H,60,61)(H,63,64)(H,54,56,62). The third kappa shape index (κ3) is 8.87. The summed E-state index contributed by atoms with van der Waals surface area (Å²) in [5, 5.41) is 32.0. The Labute approximate surface area is 390 Å². The van der Waals surface area contributed by atoms with Gasteiger partial charge in [-0.3, -0.25) is 24.5 Å². The van der Waals surface area contributed by atoms with E-state index in [-0.39, 0.29) is 39.9 Å². The SMILES string of the molecule is Cc1c(-c2ccc(N3CCc4cccc(C(=O)Nc5nc6ccccc6s5)c4C3)nc2C(=O)O)cnn1CC12CC3(C)CC(C)(C1)CC(OCCN(CCCC(=O)O)C1CCNCC1)(C3)C2. The van der Waals surface area contributed by atoms with Crippen molar-refractivity contribution in [2.75, 3.05) is 49.5 Å². The second kappa shape index (κ2) is 17.5. The van der Waals surface area contributed by atoms with Crippen molar-refractivity contribution in [3.8, 4) is 11.1 Å². The topological polar surface area (TPSA) is 175 Å². The number of rotatable bonds is 16. The van der Waals surface area contributed by atoms with E-state index < -0.39 is 11.9 Å². The molecule has 5 fully saturated rings. The number of ether oxygens (including phenoxy) is 1. The minimum atomic E-state index is -1.10. The molecule has 11 rings (SSSR count). The smallest absolute Gasteiger partial charge is 0.355 e. The highest BCUT2D eigenvalue weighted by molar-refractivity contribution is 7.22. The second-order valence-electron chi connectivity index (χ2n) is 21.0. The van der Waals surface area contributed by atoms with Crippen LogP contribution in [0, 0.1) is 23.2 Å². The Kier molecular flexibility index (Phi) is 11.8. The summed E-state index contributed by atoms with van der Waals surface area (Å²) in [4.78, 5) is 52.0. The van der Waals surface area contributed by atoms with Gasteiger partial charge in [-0.25, -0.2) is 14.8 Å². The lowest BCUT2D eigenvalue weighted by Gasteiger charge is -2.69. The highest BCUT2D eigenvalue weighted by Gasteiger charge is 2.66. The number of aliphatic carboxylic acids is 1. The molecule has 1 amide bonds. The van der Waals surface area contributed by atoms with Gasteiger partial charge in [-0.05, 0) is 148 Å². The van der Waals surface area contributed by atoms with E-state index in [1.807, 2.05) is 61.7 Å². The van der Waals surface area contributed by atoms with Crippen LogP contribution < -0.4 is 15.5 Å². The van der Waals surface area contributed by atoms with Crippen molar-refractivity contribution in [2.45, 2.75) is 116 Å². The highest BCUT2D eigenvalue weighted by Crippen LogP contribution is 2.72. The fourth-order valence-corrected chi connectivity index (χ4v) is 14.7. The van der Waals surface area contributed by atoms with Gasteiger partial charge >= 0.3 is 11.9 Å². The molecule has 4 bridgehead atoms. The summed E-state index contributed by atoms with van der Waals surface area (Å²) in [5.41, 5.74) is 5.64. The molecule has 4 aliphatic carbocycles. The van der Waals surface area contributed by atoms with Gasteiger partial charge in [-0.2, -0.15) is 5.10 Å². The first-order valence-corrected chi connectivity index (χ1v) is 24.6. The number of pyridine rings is 1. The Bertz CT molecular complexity index is 2620. The summed E-state index contributed by atoms with van der Waals surface area (Å²) in [6.07, 6.45) is 11.9. The van der Waals surface area contributed by atoms with Crippen molar-refractivity contribution in [3.05, 3.63) is 88.9 Å². The molecule has 2 unspecified atom stereocenters. The molecule has 14 nitrogen and oxygen atoms in total. The number of amides is 1. The Morgan fingerprint density at radius 3 is 2.47 bits per heavy atom. The molecule has 1 saturated heterocycles. The average Bonchev–Trinajstić information content (AvgIpc) is 3.85. The first-order valence-electron chi connectivity index (χ1n) is 23.8. The molecule has 5 aromatic rings. The number of hydrogen-bond donors (Lipinski definition) is 4. The number of nitrogens with zero attached hydrogens (tertiary/aromatic N) is 6. The maximum atomic E-state index is 13.7. The zero-order chi connectivity index (χ0) is 45.8. The normalized spacial score (nSPS) is 26.0. The number of nitrogens with one attached hydrogen (secondary N) is 2. The minimum Gasteiger partial charge on any atom is -0.481 e. The van der Waals surface area contributed by atoms with Crippen molar-refractivity contribution in [1.29, 1.82) is 0 Å². The summed E-state index contributed by atoms with van der Waals surface area (Å²) in [5.74, 6) is -1.52. The molecule has 4 N–H and O–H groups in total. The number of carboxylic acids is 2. The van der Waals surface area contributed by atoms with Crippen molar-refractivity contribution < 1.29 is 29.3 Å². The highest BCUT2D eigenvalue weighted by atomic mass is 32.1. The molecule has 0 spiro atoms. The summed E-state index contributed by atoms with van der Waals surface area (Å²) in [7, 11) is 0. The number of fused-ring (bicyclic) bond motifs is 2. The number of anilines is 2. The number of benzene rings is 2. The molecular formula is C51H62N8O6S. The molecular weight excluding hydrogens is 853 g/mol. The Morgan fingerprint density at radius 2 is 1.71 bits per heavy atom. The van der Waals surface area contributed by atoms with Crippen LogP contribution in [0.2, 0.25) is 0 Å². The monoisotopic (exact) mass is 914 g/mol. The van der Waals surface area contributed by atoms with Gasteiger partial charge in [0.25, 0.3) is 5.91 Å². The number of thiazole rings is 1. The van der Waals surface area contributed by atoms with Crippen LogP contribution in [0.5, 0.6) is 0 Å². The van der Waals surface area contributed by atoms with Crippen LogP contribution in [0.25, 0.3) is 21.3 Å². The number of hydrogen-bond acceptors (Lipinski definition) is 11. The Balaban J connectivity index is 0.854.